The molecule has 7 heteroatoms. The molecule has 0 N–H and O–H groups in total. The predicted octanol–water partition coefficient (Wildman–Crippen LogP) is 3.57. The van der Waals surface area contributed by atoms with Crippen molar-refractivity contribution in [1.29, 1.82) is 0 Å². The van der Waals surface area contributed by atoms with Crippen LogP contribution in [0.4, 0.5) is 10.1 Å². The summed E-state index contributed by atoms with van der Waals surface area (Å²) in [6.45, 7) is 0. The van der Waals surface area contributed by atoms with Crippen LogP contribution in [0, 0.1) is 15.9 Å². The van der Waals surface area contributed by atoms with Crippen molar-refractivity contribution in [2.75, 3.05) is 7.11 Å². The number of pyridine rings is 1. The van der Waals surface area contributed by atoms with E-state index >= 15 is 0 Å². The van der Waals surface area contributed by atoms with Gasteiger partial charge in [0.05, 0.1) is 17.6 Å². The number of methoxy groups -OCH3 is 1. The Morgan fingerprint density at radius 2 is 2.05 bits per heavy atom. The van der Waals surface area contributed by atoms with Crippen LogP contribution in [0.3, 0.4) is 0 Å². The third-order valence-corrected chi connectivity index (χ3v) is 3.06. The number of benzene rings is 1. The molecular formula is C12H8BrFN2O3. The lowest BCUT2D eigenvalue weighted by Crippen LogP contribution is -1.98. The molecular weight excluding hydrogens is 319 g/mol. The van der Waals surface area contributed by atoms with Crippen molar-refractivity contribution in [2.24, 2.45) is 0 Å². The SMILES string of the molecule is COc1nc(Br)c([N+](=O)[O-])cc1-c1ccccc1F. The van der Waals surface area contributed by atoms with Crippen LogP contribution in [0.15, 0.2) is 34.9 Å². The first kappa shape index (κ1) is 13.4. The molecule has 2 rings (SSSR count). The highest BCUT2D eigenvalue weighted by molar-refractivity contribution is 9.10. The fourth-order valence-corrected chi connectivity index (χ4v) is 2.04. The van der Waals surface area contributed by atoms with Gasteiger partial charge in [0.1, 0.15) is 5.82 Å². The van der Waals surface area contributed by atoms with E-state index in [4.69, 9.17) is 4.74 Å². The number of aromatic nitrogens is 1. The Hall–Kier alpha value is -2.02. The first-order valence-electron chi connectivity index (χ1n) is 5.18. The summed E-state index contributed by atoms with van der Waals surface area (Å²) in [7, 11) is 1.37. The fourth-order valence-electron chi connectivity index (χ4n) is 1.62. The molecule has 1 aromatic heterocycles. The van der Waals surface area contributed by atoms with Crippen LogP contribution in [-0.2, 0) is 0 Å². The van der Waals surface area contributed by atoms with Gasteiger partial charge in [0.25, 0.3) is 0 Å². The highest BCUT2D eigenvalue weighted by Gasteiger charge is 2.21. The molecule has 1 heterocycles. The Labute approximate surface area is 116 Å². The summed E-state index contributed by atoms with van der Waals surface area (Å²) in [6, 6.07) is 7.17. The molecule has 0 bridgehead atoms. The molecule has 0 aliphatic heterocycles. The van der Waals surface area contributed by atoms with Crippen molar-refractivity contribution in [3.63, 3.8) is 0 Å². The zero-order valence-corrected chi connectivity index (χ0v) is 11.3. The van der Waals surface area contributed by atoms with Gasteiger partial charge in [-0.3, -0.25) is 10.1 Å². The zero-order chi connectivity index (χ0) is 14.0. The van der Waals surface area contributed by atoms with Gasteiger partial charge in [-0.2, -0.15) is 4.98 Å². The van der Waals surface area contributed by atoms with E-state index in [0.717, 1.165) is 0 Å². The molecule has 0 amide bonds. The summed E-state index contributed by atoms with van der Waals surface area (Å²) in [4.78, 5) is 14.2. The van der Waals surface area contributed by atoms with E-state index in [1.54, 1.807) is 6.07 Å². The summed E-state index contributed by atoms with van der Waals surface area (Å²) < 4.78 is 18.8. The van der Waals surface area contributed by atoms with Gasteiger partial charge >= 0.3 is 5.69 Å². The van der Waals surface area contributed by atoms with Crippen molar-refractivity contribution in [3.8, 4) is 17.0 Å². The molecule has 0 fully saturated rings. The Morgan fingerprint density at radius 3 is 2.63 bits per heavy atom. The molecule has 19 heavy (non-hydrogen) atoms. The number of halogens is 2. The Balaban J connectivity index is 2.71. The summed E-state index contributed by atoms with van der Waals surface area (Å²) >= 11 is 2.99. The smallest absolute Gasteiger partial charge is 0.302 e. The number of hydrogen-bond acceptors (Lipinski definition) is 4. The molecule has 0 aliphatic carbocycles. The molecule has 0 atom stereocenters. The quantitative estimate of drug-likeness (QED) is 0.491. The number of hydrogen-bond donors (Lipinski definition) is 0. The second kappa shape index (κ2) is 5.31. The number of ether oxygens (including phenoxy) is 1. The Bertz CT molecular complexity index is 649. The first-order chi connectivity index (χ1) is 9.04. The van der Waals surface area contributed by atoms with Gasteiger partial charge in [0.2, 0.25) is 5.88 Å². The zero-order valence-electron chi connectivity index (χ0n) is 9.76. The van der Waals surface area contributed by atoms with Gasteiger partial charge < -0.3 is 4.74 Å². The van der Waals surface area contributed by atoms with Crippen molar-refractivity contribution < 1.29 is 14.1 Å². The van der Waals surface area contributed by atoms with E-state index in [-0.39, 0.29) is 27.3 Å². The summed E-state index contributed by atoms with van der Waals surface area (Å²) in [5, 5.41) is 10.9. The van der Waals surface area contributed by atoms with Crippen LogP contribution in [0.5, 0.6) is 5.88 Å². The lowest BCUT2D eigenvalue weighted by Gasteiger charge is -2.09. The standard InChI is InChI=1S/C12H8BrFN2O3/c1-19-12-8(7-4-2-3-5-9(7)14)6-10(16(17)18)11(13)15-12/h2-6H,1H3. The van der Waals surface area contributed by atoms with Gasteiger partial charge in [-0.25, -0.2) is 4.39 Å². The average molecular weight is 327 g/mol. The van der Waals surface area contributed by atoms with E-state index in [2.05, 4.69) is 20.9 Å². The van der Waals surface area contributed by atoms with Crippen LogP contribution in [0.2, 0.25) is 0 Å². The van der Waals surface area contributed by atoms with Crippen LogP contribution in [-0.4, -0.2) is 17.0 Å². The molecule has 5 nitrogen and oxygen atoms in total. The molecule has 1 aromatic carbocycles. The summed E-state index contributed by atoms with van der Waals surface area (Å²) in [5.74, 6) is -0.387. The van der Waals surface area contributed by atoms with Crippen molar-refractivity contribution in [1.82, 2.24) is 4.98 Å². The monoisotopic (exact) mass is 326 g/mol. The Morgan fingerprint density at radius 1 is 1.37 bits per heavy atom. The second-order valence-corrected chi connectivity index (χ2v) is 4.34. The largest absolute Gasteiger partial charge is 0.481 e. The predicted molar refractivity (Wildman–Crippen MR) is 70.5 cm³/mol. The van der Waals surface area contributed by atoms with Gasteiger partial charge in [0.15, 0.2) is 4.60 Å². The molecule has 0 saturated carbocycles. The van der Waals surface area contributed by atoms with Crippen LogP contribution >= 0.6 is 15.9 Å². The summed E-state index contributed by atoms with van der Waals surface area (Å²) in [5.41, 5.74) is 0.178. The molecule has 0 radical (unpaired) electrons. The van der Waals surface area contributed by atoms with E-state index < -0.39 is 10.7 Å². The van der Waals surface area contributed by atoms with E-state index in [1.165, 1.54) is 31.4 Å². The molecule has 0 unspecified atom stereocenters. The van der Waals surface area contributed by atoms with E-state index in [1.807, 2.05) is 0 Å². The third kappa shape index (κ3) is 2.55. The maximum absolute atomic E-state index is 13.8. The van der Waals surface area contributed by atoms with Gasteiger partial charge in [-0.05, 0) is 22.0 Å². The fraction of sp³-hybridized carbons (Fsp3) is 0.0833. The third-order valence-electron chi connectivity index (χ3n) is 2.48. The van der Waals surface area contributed by atoms with E-state index in [9.17, 15) is 14.5 Å². The molecule has 0 saturated heterocycles. The number of nitro groups is 1. The minimum Gasteiger partial charge on any atom is -0.481 e. The second-order valence-electron chi connectivity index (χ2n) is 3.59. The highest BCUT2D eigenvalue weighted by Crippen LogP contribution is 2.36. The normalized spacial score (nSPS) is 10.3. The number of nitrogens with zero attached hydrogens (tertiary/aromatic N) is 2. The van der Waals surface area contributed by atoms with Gasteiger partial charge in [0, 0.05) is 11.6 Å². The van der Waals surface area contributed by atoms with Crippen molar-refractivity contribution in [3.05, 3.63) is 50.9 Å². The van der Waals surface area contributed by atoms with Gasteiger partial charge in [-0.15, -0.1) is 0 Å². The maximum atomic E-state index is 13.8. The Kier molecular flexibility index (Phi) is 3.75. The lowest BCUT2D eigenvalue weighted by atomic mass is 10.1. The van der Waals surface area contributed by atoms with Crippen molar-refractivity contribution in [2.45, 2.75) is 0 Å². The molecule has 0 spiro atoms. The highest BCUT2D eigenvalue weighted by atomic mass is 79.9. The maximum Gasteiger partial charge on any atom is 0.302 e. The van der Waals surface area contributed by atoms with Crippen LogP contribution < -0.4 is 4.74 Å². The minimum atomic E-state index is -0.596. The molecule has 2 aromatic rings. The van der Waals surface area contributed by atoms with Crippen LogP contribution in [0.1, 0.15) is 0 Å². The first-order valence-corrected chi connectivity index (χ1v) is 5.97. The summed E-state index contributed by atoms with van der Waals surface area (Å²) in [6.07, 6.45) is 0. The lowest BCUT2D eigenvalue weighted by molar-refractivity contribution is -0.386. The minimum absolute atomic E-state index is 0.0365. The van der Waals surface area contributed by atoms with Crippen molar-refractivity contribution >= 4 is 21.6 Å². The average Bonchev–Trinajstić information content (AvgIpc) is 2.39. The van der Waals surface area contributed by atoms with Crippen LogP contribution in [0.25, 0.3) is 11.1 Å². The topological polar surface area (TPSA) is 65.3 Å². The van der Waals surface area contributed by atoms with Gasteiger partial charge in [-0.1, -0.05) is 18.2 Å². The van der Waals surface area contributed by atoms with E-state index in [0.29, 0.717) is 0 Å². The molecule has 0 aliphatic rings. The number of rotatable bonds is 3. The molecule has 98 valence electrons.